The fourth-order valence-corrected chi connectivity index (χ4v) is 1.68. The van der Waals surface area contributed by atoms with Crippen LogP contribution in [0.3, 0.4) is 0 Å². The highest BCUT2D eigenvalue weighted by molar-refractivity contribution is 5.89. The van der Waals surface area contributed by atoms with E-state index in [1.165, 1.54) is 23.8 Å². The van der Waals surface area contributed by atoms with E-state index in [0.29, 0.717) is 17.2 Å². The monoisotopic (exact) mass is 257 g/mol. The van der Waals surface area contributed by atoms with E-state index in [9.17, 15) is 4.79 Å². The first-order valence-electron chi connectivity index (χ1n) is 5.99. The molecule has 2 rings (SSSR count). The summed E-state index contributed by atoms with van der Waals surface area (Å²) in [5.41, 5.74) is 7.54. The number of nitrogens with two attached hydrogens (primary N) is 1. The molecule has 98 valence electrons. The van der Waals surface area contributed by atoms with Crippen LogP contribution in [0.2, 0.25) is 0 Å². The summed E-state index contributed by atoms with van der Waals surface area (Å²) >= 11 is 0. The molecule has 0 amide bonds. The average molecular weight is 257 g/mol. The summed E-state index contributed by atoms with van der Waals surface area (Å²) in [4.78, 5) is 10.9. The Morgan fingerprint density at radius 2 is 1.89 bits per heavy atom. The van der Waals surface area contributed by atoms with Gasteiger partial charge in [-0.05, 0) is 42.3 Å². The minimum Gasteiger partial charge on any atom is -0.478 e. The molecule has 0 fully saturated rings. The predicted molar refractivity (Wildman–Crippen MR) is 73.7 cm³/mol. The van der Waals surface area contributed by atoms with Gasteiger partial charge in [0.1, 0.15) is 5.75 Å². The Kier molecular flexibility index (Phi) is 3.71. The van der Waals surface area contributed by atoms with Crippen LogP contribution >= 0.6 is 0 Å². The number of carboxylic acid groups (broad SMARTS) is 1. The summed E-state index contributed by atoms with van der Waals surface area (Å²) in [6.45, 7) is 2.07. The molecule has 0 heterocycles. The van der Waals surface area contributed by atoms with Crippen molar-refractivity contribution >= 4 is 11.7 Å². The molecule has 0 aliphatic rings. The smallest absolute Gasteiger partial charge is 0.335 e. The molecule has 3 N–H and O–H groups in total. The Morgan fingerprint density at radius 1 is 1.21 bits per heavy atom. The number of aromatic carboxylic acids is 1. The van der Waals surface area contributed by atoms with Crippen molar-refractivity contribution in [3.63, 3.8) is 0 Å². The van der Waals surface area contributed by atoms with Gasteiger partial charge in [0.25, 0.3) is 0 Å². The Labute approximate surface area is 111 Å². The Morgan fingerprint density at radius 3 is 2.47 bits per heavy atom. The normalized spacial score (nSPS) is 10.2. The van der Waals surface area contributed by atoms with Gasteiger partial charge in [0.2, 0.25) is 0 Å². The van der Waals surface area contributed by atoms with Crippen LogP contribution in [0, 0.1) is 0 Å². The van der Waals surface area contributed by atoms with Crippen LogP contribution in [0.15, 0.2) is 42.5 Å². The van der Waals surface area contributed by atoms with E-state index >= 15 is 0 Å². The number of benzene rings is 2. The first-order chi connectivity index (χ1) is 9.10. The molecule has 0 bridgehead atoms. The fraction of sp³-hybridized carbons (Fsp3) is 0.133. The Balaban J connectivity index is 2.26. The molecular formula is C15H15NO3. The Bertz CT molecular complexity index is 591. The molecule has 0 aliphatic carbocycles. The number of hydrogen-bond acceptors (Lipinski definition) is 3. The largest absolute Gasteiger partial charge is 0.478 e. The van der Waals surface area contributed by atoms with Gasteiger partial charge in [0, 0.05) is 0 Å². The van der Waals surface area contributed by atoms with Crippen LogP contribution in [-0.2, 0) is 6.42 Å². The van der Waals surface area contributed by atoms with E-state index in [4.69, 9.17) is 15.6 Å². The van der Waals surface area contributed by atoms with Crippen LogP contribution in [0.25, 0.3) is 0 Å². The fourth-order valence-electron chi connectivity index (χ4n) is 1.68. The van der Waals surface area contributed by atoms with Gasteiger partial charge in [-0.25, -0.2) is 4.79 Å². The molecule has 19 heavy (non-hydrogen) atoms. The van der Waals surface area contributed by atoms with Crippen molar-refractivity contribution in [1.29, 1.82) is 0 Å². The van der Waals surface area contributed by atoms with Gasteiger partial charge >= 0.3 is 5.97 Å². The zero-order valence-electron chi connectivity index (χ0n) is 10.6. The van der Waals surface area contributed by atoms with Crippen molar-refractivity contribution in [2.45, 2.75) is 13.3 Å². The number of ether oxygens (including phenoxy) is 1. The van der Waals surface area contributed by atoms with Crippen LogP contribution in [-0.4, -0.2) is 11.1 Å². The summed E-state index contributed by atoms with van der Waals surface area (Å²) < 4.78 is 5.61. The number of rotatable bonds is 4. The number of hydrogen-bond donors (Lipinski definition) is 2. The summed E-state index contributed by atoms with van der Waals surface area (Å²) in [5.74, 6) is -0.0261. The van der Waals surface area contributed by atoms with Crippen molar-refractivity contribution < 1.29 is 14.6 Å². The van der Waals surface area contributed by atoms with E-state index in [0.717, 1.165) is 6.42 Å². The molecule has 0 aromatic heterocycles. The van der Waals surface area contributed by atoms with Gasteiger partial charge in [-0.1, -0.05) is 19.1 Å². The maximum atomic E-state index is 10.9. The number of carbonyl (C=O) groups is 1. The summed E-state index contributed by atoms with van der Waals surface area (Å²) in [6.07, 6.45) is 0.955. The summed E-state index contributed by atoms with van der Waals surface area (Å²) in [7, 11) is 0. The maximum absolute atomic E-state index is 10.9. The molecule has 0 unspecified atom stereocenters. The lowest BCUT2D eigenvalue weighted by molar-refractivity contribution is 0.0696. The van der Waals surface area contributed by atoms with Crippen molar-refractivity contribution in [2.75, 3.05) is 5.73 Å². The van der Waals surface area contributed by atoms with Crippen molar-refractivity contribution in [2.24, 2.45) is 0 Å². The molecule has 0 radical (unpaired) electrons. The highest BCUT2D eigenvalue weighted by Crippen LogP contribution is 2.28. The van der Waals surface area contributed by atoms with E-state index in [1.54, 1.807) is 0 Å². The van der Waals surface area contributed by atoms with E-state index in [-0.39, 0.29) is 5.56 Å². The molecule has 0 saturated carbocycles. The van der Waals surface area contributed by atoms with Gasteiger partial charge in [-0.3, -0.25) is 0 Å². The standard InChI is InChI=1S/C15H15NO3/c1-2-10-3-6-12(7-4-10)19-14-9-11(15(17)18)5-8-13(14)16/h3-9H,2,16H2,1H3,(H,17,18). The van der Waals surface area contributed by atoms with Gasteiger partial charge in [0.05, 0.1) is 11.3 Å². The second-order valence-electron chi connectivity index (χ2n) is 4.16. The SMILES string of the molecule is CCc1ccc(Oc2cc(C(=O)O)ccc2N)cc1. The highest BCUT2D eigenvalue weighted by atomic mass is 16.5. The first kappa shape index (κ1) is 13.0. The lowest BCUT2D eigenvalue weighted by Gasteiger charge is -2.09. The number of anilines is 1. The van der Waals surface area contributed by atoms with Crippen LogP contribution < -0.4 is 10.5 Å². The predicted octanol–water partition coefficient (Wildman–Crippen LogP) is 3.32. The molecule has 0 atom stereocenters. The molecule has 0 spiro atoms. The zero-order chi connectivity index (χ0) is 13.8. The van der Waals surface area contributed by atoms with Gasteiger partial charge < -0.3 is 15.6 Å². The lowest BCUT2D eigenvalue weighted by atomic mass is 10.1. The van der Waals surface area contributed by atoms with Crippen LogP contribution in [0.4, 0.5) is 5.69 Å². The molecule has 0 aliphatic heterocycles. The number of carboxylic acids is 1. The quantitative estimate of drug-likeness (QED) is 0.824. The molecule has 0 saturated heterocycles. The third kappa shape index (κ3) is 3.04. The molecule has 4 nitrogen and oxygen atoms in total. The van der Waals surface area contributed by atoms with E-state index in [1.807, 2.05) is 24.3 Å². The van der Waals surface area contributed by atoms with Crippen LogP contribution in [0.1, 0.15) is 22.8 Å². The highest BCUT2D eigenvalue weighted by Gasteiger charge is 2.08. The third-order valence-corrected chi connectivity index (χ3v) is 2.82. The molecule has 2 aromatic rings. The number of aryl methyl sites for hydroxylation is 1. The topological polar surface area (TPSA) is 72.5 Å². The van der Waals surface area contributed by atoms with E-state index < -0.39 is 5.97 Å². The average Bonchev–Trinajstić information content (AvgIpc) is 2.42. The zero-order valence-corrected chi connectivity index (χ0v) is 10.6. The second kappa shape index (κ2) is 5.44. The van der Waals surface area contributed by atoms with Crippen molar-refractivity contribution in [3.8, 4) is 11.5 Å². The number of nitrogen functional groups attached to an aromatic ring is 1. The minimum atomic E-state index is -1.01. The van der Waals surface area contributed by atoms with Crippen LogP contribution in [0.5, 0.6) is 11.5 Å². The van der Waals surface area contributed by atoms with E-state index in [2.05, 4.69) is 6.92 Å². The van der Waals surface area contributed by atoms with Gasteiger partial charge in [0.15, 0.2) is 5.75 Å². The molecule has 2 aromatic carbocycles. The maximum Gasteiger partial charge on any atom is 0.335 e. The lowest BCUT2D eigenvalue weighted by Crippen LogP contribution is -1.99. The van der Waals surface area contributed by atoms with Crippen molar-refractivity contribution in [1.82, 2.24) is 0 Å². The van der Waals surface area contributed by atoms with Gasteiger partial charge in [-0.2, -0.15) is 0 Å². The molecular weight excluding hydrogens is 242 g/mol. The second-order valence-corrected chi connectivity index (χ2v) is 4.16. The minimum absolute atomic E-state index is 0.148. The van der Waals surface area contributed by atoms with Crippen molar-refractivity contribution in [3.05, 3.63) is 53.6 Å². The summed E-state index contributed by atoms with van der Waals surface area (Å²) in [5, 5.41) is 8.94. The third-order valence-electron chi connectivity index (χ3n) is 2.82. The first-order valence-corrected chi connectivity index (χ1v) is 5.99. The molecule has 4 heteroatoms. The summed E-state index contributed by atoms with van der Waals surface area (Å²) in [6, 6.07) is 12.0. The Hall–Kier alpha value is -2.49. The van der Waals surface area contributed by atoms with Gasteiger partial charge in [-0.15, -0.1) is 0 Å².